The van der Waals surface area contributed by atoms with Gasteiger partial charge in [-0.2, -0.15) is 0 Å². The van der Waals surface area contributed by atoms with Crippen molar-refractivity contribution in [3.63, 3.8) is 0 Å². The van der Waals surface area contributed by atoms with Gasteiger partial charge in [-0.15, -0.1) is 0 Å². The minimum atomic E-state index is 0.157. The molecule has 1 saturated heterocycles. The summed E-state index contributed by atoms with van der Waals surface area (Å²) in [4.78, 5) is 17.8. The van der Waals surface area contributed by atoms with Crippen LogP contribution < -0.4 is 0 Å². The van der Waals surface area contributed by atoms with Crippen molar-refractivity contribution >= 4 is 16.7 Å². The molecule has 4 heteroatoms. The number of hydrogen-bond donors (Lipinski definition) is 1. The fourth-order valence-corrected chi connectivity index (χ4v) is 3.03. The van der Waals surface area contributed by atoms with Crippen LogP contribution in [-0.2, 0) is 4.74 Å². The number of para-hydroxylation sites is 1. The molecule has 1 fully saturated rings. The summed E-state index contributed by atoms with van der Waals surface area (Å²) in [5.74, 6) is 0.157. The number of carbonyl (C=O) groups is 1. The molecule has 1 aromatic carbocycles. The van der Waals surface area contributed by atoms with Crippen molar-refractivity contribution in [1.29, 1.82) is 0 Å². The maximum Gasteiger partial charge on any atom is 0.178 e. The number of benzene rings is 1. The van der Waals surface area contributed by atoms with E-state index in [1.165, 1.54) is 0 Å². The number of fused-ring (bicyclic) bond motifs is 1. The summed E-state index contributed by atoms with van der Waals surface area (Å²) >= 11 is 0. The molecule has 4 nitrogen and oxygen atoms in total. The summed E-state index contributed by atoms with van der Waals surface area (Å²) in [6.45, 7) is 3.29. The molecule has 20 heavy (non-hydrogen) atoms. The molecular weight excluding hydrogens is 252 g/mol. The number of ketones is 1. The van der Waals surface area contributed by atoms with Crippen molar-refractivity contribution in [1.82, 2.24) is 9.88 Å². The zero-order valence-corrected chi connectivity index (χ0v) is 11.9. The summed E-state index contributed by atoms with van der Waals surface area (Å²) in [5, 5.41) is 1.00. The quantitative estimate of drug-likeness (QED) is 0.870. The van der Waals surface area contributed by atoms with E-state index < -0.39 is 0 Å². The summed E-state index contributed by atoms with van der Waals surface area (Å²) in [6.07, 6.45) is 3.02. The molecule has 1 N–H and O–H groups in total. The lowest BCUT2D eigenvalue weighted by atomic mass is 10.1. The third kappa shape index (κ3) is 2.37. The van der Waals surface area contributed by atoms with Crippen molar-refractivity contribution in [2.75, 3.05) is 20.2 Å². The fourth-order valence-electron chi connectivity index (χ4n) is 3.03. The van der Waals surface area contributed by atoms with Gasteiger partial charge in [-0.1, -0.05) is 18.2 Å². The normalized spacial score (nSPS) is 22.8. The summed E-state index contributed by atoms with van der Waals surface area (Å²) in [5.41, 5.74) is 1.79. The first kappa shape index (κ1) is 13.3. The number of aromatic amines is 1. The topological polar surface area (TPSA) is 45.3 Å². The van der Waals surface area contributed by atoms with Crippen LogP contribution in [0.25, 0.3) is 10.9 Å². The molecule has 0 bridgehead atoms. The Labute approximate surface area is 118 Å². The molecule has 2 heterocycles. The molecule has 0 saturated carbocycles. The van der Waals surface area contributed by atoms with Gasteiger partial charge < -0.3 is 9.72 Å². The molecule has 106 valence electrons. The van der Waals surface area contributed by atoms with Crippen molar-refractivity contribution in [3.8, 4) is 0 Å². The van der Waals surface area contributed by atoms with Crippen LogP contribution in [-0.4, -0.2) is 48.0 Å². The van der Waals surface area contributed by atoms with Gasteiger partial charge in [0.05, 0.1) is 12.6 Å². The Kier molecular flexibility index (Phi) is 3.59. The lowest BCUT2D eigenvalue weighted by Crippen LogP contribution is -2.39. The fraction of sp³-hybridized carbons (Fsp3) is 0.438. The van der Waals surface area contributed by atoms with Crippen LogP contribution in [0.3, 0.4) is 0 Å². The van der Waals surface area contributed by atoms with E-state index in [2.05, 4.69) is 16.8 Å². The number of hydrogen-bond acceptors (Lipinski definition) is 3. The monoisotopic (exact) mass is 272 g/mol. The van der Waals surface area contributed by atoms with Crippen molar-refractivity contribution < 1.29 is 9.53 Å². The highest BCUT2D eigenvalue weighted by atomic mass is 16.5. The van der Waals surface area contributed by atoms with E-state index in [4.69, 9.17) is 4.74 Å². The van der Waals surface area contributed by atoms with E-state index in [0.29, 0.717) is 12.6 Å². The largest absolute Gasteiger partial charge is 0.377 e. The Hall–Kier alpha value is -1.65. The molecule has 0 amide bonds. The minimum absolute atomic E-state index is 0.157. The predicted molar refractivity (Wildman–Crippen MR) is 79.1 cm³/mol. The lowest BCUT2D eigenvalue weighted by Gasteiger charge is -2.25. The lowest BCUT2D eigenvalue weighted by molar-refractivity contribution is 0.0746. The first-order valence-electron chi connectivity index (χ1n) is 7.08. The molecule has 2 unspecified atom stereocenters. The van der Waals surface area contributed by atoms with Crippen LogP contribution in [0.2, 0.25) is 0 Å². The molecule has 1 aliphatic heterocycles. The van der Waals surface area contributed by atoms with Crippen LogP contribution in [0.15, 0.2) is 30.5 Å². The number of likely N-dealkylation sites (N-methyl/N-ethyl adjacent to an activating group) is 1. The SMILES string of the molecule is CC1OCCC1N(C)CC(=O)c1c[nH]c2ccccc12. The Morgan fingerprint density at radius 3 is 3.00 bits per heavy atom. The number of aromatic nitrogens is 1. The zero-order valence-electron chi connectivity index (χ0n) is 11.9. The second-order valence-electron chi connectivity index (χ2n) is 5.52. The van der Waals surface area contributed by atoms with E-state index >= 15 is 0 Å². The minimum Gasteiger partial charge on any atom is -0.377 e. The molecule has 2 atom stereocenters. The summed E-state index contributed by atoms with van der Waals surface area (Å²) in [7, 11) is 2.00. The maximum absolute atomic E-state index is 12.5. The number of nitrogens with zero attached hydrogens (tertiary/aromatic N) is 1. The molecule has 0 aliphatic carbocycles. The molecule has 3 rings (SSSR count). The molecule has 0 radical (unpaired) electrons. The van der Waals surface area contributed by atoms with Crippen LogP contribution in [0, 0.1) is 0 Å². The van der Waals surface area contributed by atoms with Crippen LogP contribution in [0.4, 0.5) is 0 Å². The van der Waals surface area contributed by atoms with Crippen LogP contribution >= 0.6 is 0 Å². The smallest absolute Gasteiger partial charge is 0.178 e. The van der Waals surface area contributed by atoms with E-state index in [9.17, 15) is 4.79 Å². The third-order valence-electron chi connectivity index (χ3n) is 4.19. The van der Waals surface area contributed by atoms with Crippen molar-refractivity contribution in [2.24, 2.45) is 0 Å². The number of rotatable bonds is 4. The Morgan fingerprint density at radius 1 is 1.45 bits per heavy atom. The van der Waals surface area contributed by atoms with Gasteiger partial charge in [-0.25, -0.2) is 0 Å². The standard InChI is InChI=1S/C16H20N2O2/c1-11-15(7-8-20-11)18(2)10-16(19)13-9-17-14-6-4-3-5-12(13)14/h3-6,9,11,15,17H,7-8,10H2,1-2H3. The highest BCUT2D eigenvalue weighted by molar-refractivity contribution is 6.08. The average molecular weight is 272 g/mol. The number of nitrogens with one attached hydrogen (secondary N) is 1. The van der Waals surface area contributed by atoms with Gasteiger partial charge in [-0.05, 0) is 26.5 Å². The van der Waals surface area contributed by atoms with Crippen LogP contribution in [0.1, 0.15) is 23.7 Å². The summed E-state index contributed by atoms with van der Waals surface area (Å²) < 4.78 is 5.57. The van der Waals surface area contributed by atoms with Gasteiger partial charge in [-0.3, -0.25) is 9.69 Å². The van der Waals surface area contributed by atoms with Crippen LogP contribution in [0.5, 0.6) is 0 Å². The van der Waals surface area contributed by atoms with Gasteiger partial charge in [0.15, 0.2) is 5.78 Å². The van der Waals surface area contributed by atoms with Gasteiger partial charge in [0, 0.05) is 35.3 Å². The predicted octanol–water partition coefficient (Wildman–Crippen LogP) is 2.46. The number of H-pyrrole nitrogens is 1. The highest BCUT2D eigenvalue weighted by Crippen LogP contribution is 2.21. The Bertz CT molecular complexity index is 620. The maximum atomic E-state index is 12.5. The Morgan fingerprint density at radius 2 is 2.25 bits per heavy atom. The number of ether oxygens (including phenoxy) is 1. The number of carbonyl (C=O) groups excluding carboxylic acids is 1. The van der Waals surface area contributed by atoms with E-state index in [1.54, 1.807) is 0 Å². The van der Waals surface area contributed by atoms with Gasteiger partial charge in [0.25, 0.3) is 0 Å². The highest BCUT2D eigenvalue weighted by Gasteiger charge is 2.29. The molecular formula is C16H20N2O2. The zero-order chi connectivity index (χ0) is 14.1. The van der Waals surface area contributed by atoms with Gasteiger partial charge in [0.1, 0.15) is 0 Å². The van der Waals surface area contributed by atoms with E-state index in [1.807, 2.05) is 37.5 Å². The van der Waals surface area contributed by atoms with Gasteiger partial charge >= 0.3 is 0 Å². The van der Waals surface area contributed by atoms with Crippen molar-refractivity contribution in [3.05, 3.63) is 36.0 Å². The summed E-state index contributed by atoms with van der Waals surface area (Å²) in [6, 6.07) is 8.24. The number of Topliss-reactive ketones (excluding diaryl/α,β-unsaturated/α-hetero) is 1. The Balaban J connectivity index is 1.76. The second-order valence-corrected chi connectivity index (χ2v) is 5.52. The van der Waals surface area contributed by atoms with E-state index in [-0.39, 0.29) is 11.9 Å². The average Bonchev–Trinajstić information content (AvgIpc) is 3.04. The first-order valence-corrected chi connectivity index (χ1v) is 7.08. The second kappa shape index (κ2) is 5.38. The third-order valence-corrected chi connectivity index (χ3v) is 4.19. The van der Waals surface area contributed by atoms with Crippen molar-refractivity contribution in [2.45, 2.75) is 25.5 Å². The molecule has 0 spiro atoms. The molecule has 1 aliphatic rings. The first-order chi connectivity index (χ1) is 9.66. The molecule has 1 aromatic heterocycles. The molecule has 2 aromatic rings. The van der Waals surface area contributed by atoms with E-state index in [0.717, 1.165) is 29.5 Å². The van der Waals surface area contributed by atoms with Gasteiger partial charge in [0.2, 0.25) is 0 Å².